The Morgan fingerprint density at radius 2 is 2.36 bits per heavy atom. The number of alkyl halides is 3. The van der Waals surface area contributed by atoms with E-state index in [0.717, 1.165) is 4.68 Å². The molecule has 0 aliphatic rings. The summed E-state index contributed by atoms with van der Waals surface area (Å²) in [6.07, 6.45) is -1.00. The van der Waals surface area contributed by atoms with Crippen LogP contribution in [0.5, 0.6) is 0 Å². The molecule has 1 aromatic heterocycles. The van der Waals surface area contributed by atoms with Crippen molar-refractivity contribution in [2.75, 3.05) is 0 Å². The molecule has 0 spiro atoms. The van der Waals surface area contributed by atoms with E-state index in [-0.39, 0.29) is 5.88 Å². The third-order valence-corrected chi connectivity index (χ3v) is 1.32. The van der Waals surface area contributed by atoms with E-state index in [9.17, 15) is 8.78 Å². The third-order valence-electron chi connectivity index (χ3n) is 1.05. The van der Waals surface area contributed by atoms with Crippen molar-refractivity contribution in [2.24, 2.45) is 0 Å². The minimum atomic E-state index is -2.40. The molecule has 0 bridgehead atoms. The van der Waals surface area contributed by atoms with Gasteiger partial charge in [0.15, 0.2) is 0 Å². The van der Waals surface area contributed by atoms with Crippen LogP contribution < -0.4 is 0 Å². The monoisotopic (exact) mass is 181 g/mol. The molecule has 0 N–H and O–H groups in total. The van der Waals surface area contributed by atoms with Crippen LogP contribution >= 0.6 is 11.6 Å². The molecule has 0 aromatic carbocycles. The normalized spacial score (nSPS) is 10.9. The van der Waals surface area contributed by atoms with Crippen LogP contribution in [0.2, 0.25) is 0 Å². The minimum Gasteiger partial charge on any atom is -0.246 e. The molecular formula is C5H6ClF2N3. The second-order valence-electron chi connectivity index (χ2n) is 1.96. The molecule has 62 valence electrons. The van der Waals surface area contributed by atoms with Gasteiger partial charge >= 0.3 is 0 Å². The maximum Gasteiger partial charge on any atom is 0.257 e. The van der Waals surface area contributed by atoms with E-state index in [4.69, 9.17) is 11.6 Å². The molecule has 1 aromatic rings. The van der Waals surface area contributed by atoms with Crippen molar-refractivity contribution in [3.8, 4) is 0 Å². The fourth-order valence-electron chi connectivity index (χ4n) is 0.630. The SMILES string of the molecule is FC(F)Cn1cc(CCl)nn1. The van der Waals surface area contributed by atoms with Gasteiger partial charge in [0, 0.05) is 6.20 Å². The van der Waals surface area contributed by atoms with Gasteiger partial charge in [-0.05, 0) is 0 Å². The van der Waals surface area contributed by atoms with Crippen molar-refractivity contribution in [3.05, 3.63) is 11.9 Å². The lowest BCUT2D eigenvalue weighted by atomic mass is 10.5. The summed E-state index contributed by atoms with van der Waals surface area (Å²) in [5.41, 5.74) is 0.507. The molecule has 1 rings (SSSR count). The van der Waals surface area contributed by atoms with E-state index in [0.29, 0.717) is 5.69 Å². The van der Waals surface area contributed by atoms with Gasteiger partial charge in [-0.2, -0.15) is 0 Å². The highest BCUT2D eigenvalue weighted by atomic mass is 35.5. The lowest BCUT2D eigenvalue weighted by Gasteiger charge is -1.95. The maximum absolute atomic E-state index is 11.7. The topological polar surface area (TPSA) is 30.7 Å². The van der Waals surface area contributed by atoms with Crippen molar-refractivity contribution in [2.45, 2.75) is 18.9 Å². The number of hydrogen-bond acceptors (Lipinski definition) is 2. The summed E-state index contributed by atoms with van der Waals surface area (Å²) >= 11 is 5.37. The summed E-state index contributed by atoms with van der Waals surface area (Å²) in [4.78, 5) is 0. The minimum absolute atomic E-state index is 0.198. The smallest absolute Gasteiger partial charge is 0.246 e. The summed E-state index contributed by atoms with van der Waals surface area (Å²) in [6, 6.07) is 0. The number of nitrogens with zero attached hydrogens (tertiary/aromatic N) is 3. The van der Waals surface area contributed by atoms with Crippen LogP contribution in [0.1, 0.15) is 5.69 Å². The van der Waals surface area contributed by atoms with Gasteiger partial charge in [-0.1, -0.05) is 5.21 Å². The molecule has 0 aliphatic carbocycles. The van der Waals surface area contributed by atoms with Crippen molar-refractivity contribution < 1.29 is 8.78 Å². The quantitative estimate of drug-likeness (QED) is 0.658. The average Bonchev–Trinajstić information content (AvgIpc) is 2.34. The molecule has 0 fully saturated rings. The highest BCUT2D eigenvalue weighted by molar-refractivity contribution is 6.16. The summed E-state index contributed by atoms with van der Waals surface area (Å²) in [5.74, 6) is 0.198. The molecule has 0 radical (unpaired) electrons. The Labute approximate surface area is 67.0 Å². The van der Waals surface area contributed by atoms with Gasteiger partial charge in [0.25, 0.3) is 6.43 Å². The highest BCUT2D eigenvalue weighted by Crippen LogP contribution is 2.00. The summed E-state index contributed by atoms with van der Waals surface area (Å²) in [6.45, 7) is -0.427. The van der Waals surface area contributed by atoms with E-state index in [1.54, 1.807) is 0 Å². The first kappa shape index (κ1) is 8.39. The van der Waals surface area contributed by atoms with E-state index in [2.05, 4.69) is 10.3 Å². The van der Waals surface area contributed by atoms with Crippen LogP contribution in [0.15, 0.2) is 6.20 Å². The Morgan fingerprint density at radius 1 is 1.64 bits per heavy atom. The van der Waals surface area contributed by atoms with E-state index >= 15 is 0 Å². The van der Waals surface area contributed by atoms with E-state index < -0.39 is 13.0 Å². The molecule has 0 atom stereocenters. The van der Waals surface area contributed by atoms with E-state index in [1.165, 1.54) is 6.20 Å². The first-order valence-electron chi connectivity index (χ1n) is 2.95. The van der Waals surface area contributed by atoms with Crippen LogP contribution in [0.3, 0.4) is 0 Å². The van der Waals surface area contributed by atoms with Gasteiger partial charge in [0.05, 0.1) is 11.6 Å². The molecule has 0 unspecified atom stereocenters. The molecule has 0 saturated carbocycles. The Balaban J connectivity index is 2.58. The average molecular weight is 182 g/mol. The Morgan fingerprint density at radius 3 is 2.82 bits per heavy atom. The molecule has 0 amide bonds. The van der Waals surface area contributed by atoms with E-state index in [1.807, 2.05) is 0 Å². The van der Waals surface area contributed by atoms with Crippen molar-refractivity contribution in [3.63, 3.8) is 0 Å². The van der Waals surface area contributed by atoms with Gasteiger partial charge < -0.3 is 0 Å². The Bertz CT molecular complexity index is 225. The lowest BCUT2D eigenvalue weighted by Crippen LogP contribution is -2.06. The lowest BCUT2D eigenvalue weighted by molar-refractivity contribution is 0.121. The second kappa shape index (κ2) is 3.61. The molecule has 3 nitrogen and oxygen atoms in total. The number of aromatic nitrogens is 3. The van der Waals surface area contributed by atoms with Gasteiger partial charge in [-0.15, -0.1) is 16.7 Å². The zero-order chi connectivity index (χ0) is 8.27. The van der Waals surface area contributed by atoms with Crippen LogP contribution in [-0.4, -0.2) is 21.4 Å². The van der Waals surface area contributed by atoms with Gasteiger partial charge in [-0.25, -0.2) is 13.5 Å². The fraction of sp³-hybridized carbons (Fsp3) is 0.600. The second-order valence-corrected chi connectivity index (χ2v) is 2.22. The van der Waals surface area contributed by atoms with Gasteiger partial charge in [0.1, 0.15) is 6.54 Å². The highest BCUT2D eigenvalue weighted by Gasteiger charge is 2.05. The van der Waals surface area contributed by atoms with Crippen molar-refractivity contribution in [1.82, 2.24) is 15.0 Å². The Kier molecular flexibility index (Phi) is 2.76. The van der Waals surface area contributed by atoms with Crippen molar-refractivity contribution >= 4 is 11.6 Å². The molecule has 0 aliphatic heterocycles. The maximum atomic E-state index is 11.7. The van der Waals surface area contributed by atoms with Crippen molar-refractivity contribution in [1.29, 1.82) is 0 Å². The summed E-state index contributed by atoms with van der Waals surface area (Å²) in [7, 11) is 0. The standard InChI is InChI=1S/C5H6ClF2N3/c6-1-4-2-11(10-9-4)3-5(7)8/h2,5H,1,3H2. The summed E-state index contributed by atoms with van der Waals surface area (Å²) in [5, 5.41) is 6.96. The molecule has 0 saturated heterocycles. The van der Waals surface area contributed by atoms with Gasteiger partial charge in [0.2, 0.25) is 0 Å². The predicted molar refractivity (Wildman–Crippen MR) is 35.6 cm³/mol. The summed E-state index contributed by atoms with van der Waals surface area (Å²) < 4.78 is 24.5. The predicted octanol–water partition coefficient (Wildman–Crippen LogP) is 1.28. The fourth-order valence-corrected chi connectivity index (χ4v) is 0.753. The molecule has 11 heavy (non-hydrogen) atoms. The zero-order valence-corrected chi connectivity index (χ0v) is 6.30. The number of hydrogen-bond donors (Lipinski definition) is 0. The first-order valence-corrected chi connectivity index (χ1v) is 3.49. The first-order chi connectivity index (χ1) is 5.22. The van der Waals surface area contributed by atoms with Crippen LogP contribution in [-0.2, 0) is 12.4 Å². The number of halogens is 3. The van der Waals surface area contributed by atoms with Crippen LogP contribution in [0, 0.1) is 0 Å². The molecule has 1 heterocycles. The zero-order valence-electron chi connectivity index (χ0n) is 5.54. The third kappa shape index (κ3) is 2.42. The largest absolute Gasteiger partial charge is 0.257 e. The van der Waals surface area contributed by atoms with Gasteiger partial charge in [-0.3, -0.25) is 0 Å². The molecular weight excluding hydrogens is 176 g/mol. The molecule has 6 heteroatoms. The van der Waals surface area contributed by atoms with Crippen LogP contribution in [0.4, 0.5) is 8.78 Å². The Hall–Kier alpha value is -0.710. The van der Waals surface area contributed by atoms with Crippen LogP contribution in [0.25, 0.3) is 0 Å². The number of rotatable bonds is 3.